The van der Waals surface area contributed by atoms with Crippen molar-refractivity contribution < 1.29 is 22.7 Å². The lowest BCUT2D eigenvalue weighted by Gasteiger charge is -2.34. The van der Waals surface area contributed by atoms with E-state index in [2.05, 4.69) is 26.3 Å². The minimum atomic E-state index is -4.55. The van der Waals surface area contributed by atoms with Gasteiger partial charge in [-0.1, -0.05) is 19.1 Å². The van der Waals surface area contributed by atoms with Crippen molar-refractivity contribution in [3.63, 3.8) is 0 Å². The highest BCUT2D eigenvalue weighted by Gasteiger charge is 2.35. The zero-order chi connectivity index (χ0) is 31.0. The van der Waals surface area contributed by atoms with Crippen LogP contribution in [0, 0.1) is 11.3 Å². The van der Waals surface area contributed by atoms with Crippen LogP contribution in [0.4, 0.5) is 23.7 Å². The molecular weight excluding hydrogens is 571 g/mol. The molecule has 2 aliphatic rings. The van der Waals surface area contributed by atoms with Gasteiger partial charge in [0.05, 0.1) is 10.9 Å². The van der Waals surface area contributed by atoms with E-state index in [1.807, 2.05) is 37.1 Å². The van der Waals surface area contributed by atoms with E-state index in [4.69, 9.17) is 4.74 Å². The van der Waals surface area contributed by atoms with Gasteiger partial charge in [-0.15, -0.1) is 0 Å². The van der Waals surface area contributed by atoms with E-state index in [1.54, 1.807) is 29.3 Å². The highest BCUT2D eigenvalue weighted by Crippen LogP contribution is 2.36. The standard InChI is InChI=1S/C32H32F3N7O2/c1-20-17-42(19-22-13-25(5-6-26(20)22)44-29-7-8-37-30-27(29)14-24(16-36)38-30)31(43)39-23-4-3-21(28(15-23)32(33,34)35)18-41-11-9-40(2)10-12-41/h3-8,13-15,20H,9-12,17-19H2,1-2H3,(H,37,38)(H,39,43)/t20-/m0/s1. The Morgan fingerprint density at radius 2 is 1.93 bits per heavy atom. The van der Waals surface area contributed by atoms with Crippen LogP contribution in [0.5, 0.6) is 11.5 Å². The van der Waals surface area contributed by atoms with Gasteiger partial charge in [-0.25, -0.2) is 9.78 Å². The zero-order valence-electron chi connectivity index (χ0n) is 24.4. The van der Waals surface area contributed by atoms with E-state index < -0.39 is 17.8 Å². The fourth-order valence-corrected chi connectivity index (χ4v) is 5.90. The van der Waals surface area contributed by atoms with Gasteiger partial charge in [0.15, 0.2) is 0 Å². The van der Waals surface area contributed by atoms with Gasteiger partial charge < -0.3 is 24.8 Å². The summed E-state index contributed by atoms with van der Waals surface area (Å²) in [5.41, 5.74) is 2.43. The minimum Gasteiger partial charge on any atom is -0.457 e. The van der Waals surface area contributed by atoms with E-state index in [9.17, 15) is 23.2 Å². The number of pyridine rings is 1. The first-order valence-electron chi connectivity index (χ1n) is 14.4. The van der Waals surface area contributed by atoms with Crippen LogP contribution in [0.3, 0.4) is 0 Å². The van der Waals surface area contributed by atoms with Crippen molar-refractivity contribution >= 4 is 22.8 Å². The predicted molar refractivity (Wildman–Crippen MR) is 159 cm³/mol. The molecular formula is C32H32F3N7O2. The van der Waals surface area contributed by atoms with Crippen LogP contribution in [-0.2, 0) is 19.3 Å². The highest BCUT2D eigenvalue weighted by atomic mass is 19.4. The Hall–Kier alpha value is -4.60. The largest absolute Gasteiger partial charge is 0.457 e. The summed E-state index contributed by atoms with van der Waals surface area (Å²) >= 11 is 0. The monoisotopic (exact) mass is 603 g/mol. The summed E-state index contributed by atoms with van der Waals surface area (Å²) in [5, 5.41) is 12.6. The Morgan fingerprint density at radius 3 is 2.68 bits per heavy atom. The first-order valence-corrected chi connectivity index (χ1v) is 14.4. The average Bonchev–Trinajstić information content (AvgIpc) is 3.43. The summed E-state index contributed by atoms with van der Waals surface area (Å²) in [7, 11) is 2.00. The summed E-state index contributed by atoms with van der Waals surface area (Å²) < 4.78 is 48.4. The smallest absolute Gasteiger partial charge is 0.416 e. The lowest BCUT2D eigenvalue weighted by Crippen LogP contribution is -2.44. The molecule has 2 amide bonds. The number of fused-ring (bicyclic) bond motifs is 2. The number of H-pyrrole nitrogens is 1. The first-order chi connectivity index (χ1) is 21.1. The maximum absolute atomic E-state index is 14.1. The molecule has 4 heterocycles. The lowest BCUT2D eigenvalue weighted by atomic mass is 9.91. The van der Waals surface area contributed by atoms with Gasteiger partial charge in [-0.05, 0) is 66.1 Å². The third-order valence-electron chi connectivity index (χ3n) is 8.28. The van der Waals surface area contributed by atoms with Crippen LogP contribution in [-0.4, -0.2) is 70.5 Å². The number of likely N-dealkylation sites (N-methyl/N-ethyl adjacent to an activating group) is 1. The molecule has 2 N–H and O–H groups in total. The van der Waals surface area contributed by atoms with E-state index >= 15 is 0 Å². The number of hydrogen-bond donors (Lipinski definition) is 2. The number of amides is 2. The first kappa shape index (κ1) is 29.5. The number of halogens is 3. The van der Waals surface area contributed by atoms with E-state index in [-0.39, 0.29) is 30.3 Å². The van der Waals surface area contributed by atoms with Gasteiger partial charge in [-0.2, -0.15) is 18.4 Å². The number of aromatic nitrogens is 2. The molecule has 2 aromatic heterocycles. The summed E-state index contributed by atoms with van der Waals surface area (Å²) in [4.78, 5) is 26.3. The van der Waals surface area contributed by atoms with Gasteiger partial charge in [0, 0.05) is 57.7 Å². The minimum absolute atomic E-state index is 0.00532. The molecule has 2 aromatic carbocycles. The molecule has 0 aliphatic carbocycles. The number of carbonyl (C=O) groups excluding carboxylic acids is 1. The van der Waals surface area contributed by atoms with Crippen molar-refractivity contribution in [1.82, 2.24) is 24.7 Å². The fourth-order valence-electron chi connectivity index (χ4n) is 5.90. The number of piperazine rings is 1. The van der Waals surface area contributed by atoms with Crippen molar-refractivity contribution in [3.8, 4) is 17.6 Å². The number of hydrogen-bond acceptors (Lipinski definition) is 6. The molecule has 228 valence electrons. The van der Waals surface area contributed by atoms with Crippen molar-refractivity contribution in [2.24, 2.45) is 0 Å². The number of ether oxygens (including phenoxy) is 1. The van der Waals surface area contributed by atoms with Gasteiger partial charge in [-0.3, -0.25) is 4.90 Å². The maximum atomic E-state index is 14.1. The molecule has 0 radical (unpaired) electrons. The lowest BCUT2D eigenvalue weighted by molar-refractivity contribution is -0.138. The van der Waals surface area contributed by atoms with Crippen LogP contribution in [0.25, 0.3) is 11.0 Å². The molecule has 0 bridgehead atoms. The van der Waals surface area contributed by atoms with Gasteiger partial charge in [0.1, 0.15) is 28.9 Å². The van der Waals surface area contributed by atoms with Crippen LogP contribution < -0.4 is 10.1 Å². The number of nitriles is 1. The SMILES string of the molecule is C[C@H]1CN(C(=O)Nc2ccc(CN3CCN(C)CC3)c(C(F)(F)F)c2)Cc2cc(Oc3ccnc4[nH]c(C#N)cc34)ccc21. The molecule has 12 heteroatoms. The van der Waals surface area contributed by atoms with E-state index in [1.165, 1.54) is 6.07 Å². The number of urea groups is 1. The third kappa shape index (κ3) is 6.20. The van der Waals surface area contributed by atoms with Gasteiger partial charge in [0.2, 0.25) is 0 Å². The highest BCUT2D eigenvalue weighted by molar-refractivity contribution is 5.90. The molecule has 0 unspecified atom stereocenters. The normalized spacial score (nSPS) is 17.7. The average molecular weight is 604 g/mol. The van der Waals surface area contributed by atoms with Crippen molar-refractivity contribution in [2.75, 3.05) is 45.1 Å². The van der Waals surface area contributed by atoms with Crippen molar-refractivity contribution in [3.05, 3.63) is 82.7 Å². The van der Waals surface area contributed by atoms with Crippen molar-refractivity contribution in [2.45, 2.75) is 32.1 Å². The van der Waals surface area contributed by atoms with Gasteiger partial charge >= 0.3 is 12.2 Å². The van der Waals surface area contributed by atoms with Crippen LogP contribution in [0.15, 0.2) is 54.7 Å². The molecule has 2 aliphatic heterocycles. The Labute approximate surface area is 252 Å². The maximum Gasteiger partial charge on any atom is 0.416 e. The molecule has 6 rings (SSSR count). The Bertz CT molecular complexity index is 1740. The molecule has 44 heavy (non-hydrogen) atoms. The zero-order valence-corrected chi connectivity index (χ0v) is 24.4. The Kier molecular flexibility index (Phi) is 7.92. The molecule has 0 spiro atoms. The predicted octanol–water partition coefficient (Wildman–Crippen LogP) is 6.14. The Morgan fingerprint density at radius 1 is 1.14 bits per heavy atom. The molecule has 0 saturated carbocycles. The number of alkyl halides is 3. The molecule has 1 atom stereocenters. The van der Waals surface area contributed by atoms with Crippen molar-refractivity contribution in [1.29, 1.82) is 5.26 Å². The second-order valence-corrected chi connectivity index (χ2v) is 11.5. The Balaban J connectivity index is 1.17. The molecule has 4 aromatic rings. The summed E-state index contributed by atoms with van der Waals surface area (Å²) in [6.07, 6.45) is -2.96. The third-order valence-corrected chi connectivity index (χ3v) is 8.28. The van der Waals surface area contributed by atoms with Gasteiger partial charge in [0.25, 0.3) is 0 Å². The number of nitrogens with one attached hydrogen (secondary N) is 2. The van der Waals surface area contributed by atoms with Crippen LogP contribution in [0.1, 0.15) is 40.8 Å². The molecule has 1 fully saturated rings. The van der Waals surface area contributed by atoms with E-state index in [0.29, 0.717) is 47.9 Å². The fraction of sp³-hybridized carbons (Fsp3) is 0.344. The van der Waals surface area contributed by atoms with Crippen LogP contribution in [0.2, 0.25) is 0 Å². The van der Waals surface area contributed by atoms with E-state index in [0.717, 1.165) is 30.3 Å². The summed E-state index contributed by atoms with van der Waals surface area (Å²) in [6, 6.07) is 14.7. The number of rotatable bonds is 5. The second kappa shape index (κ2) is 11.8. The van der Waals surface area contributed by atoms with Crippen LogP contribution >= 0.6 is 0 Å². The molecule has 1 saturated heterocycles. The molecule has 9 nitrogen and oxygen atoms in total. The number of benzene rings is 2. The summed E-state index contributed by atoms with van der Waals surface area (Å²) in [5.74, 6) is 1.09. The number of carbonyl (C=O) groups is 1. The summed E-state index contributed by atoms with van der Waals surface area (Å²) in [6.45, 7) is 5.92. The number of nitrogens with zero attached hydrogens (tertiary/aromatic N) is 5. The number of aromatic amines is 1. The second-order valence-electron chi connectivity index (χ2n) is 11.5. The number of anilines is 1. The topological polar surface area (TPSA) is 101 Å². The quantitative estimate of drug-likeness (QED) is 0.284.